The normalized spacial score (nSPS) is 16.2. The first-order valence-electron chi connectivity index (χ1n) is 8.39. The number of hydrazone groups is 1. The van der Waals surface area contributed by atoms with Crippen molar-refractivity contribution in [2.24, 2.45) is 5.10 Å². The molecule has 0 aromatic carbocycles. The third-order valence-corrected chi connectivity index (χ3v) is 3.68. The minimum Gasteiger partial charge on any atom is -0.268 e. The molecule has 4 nitrogen and oxygen atoms in total. The molecule has 1 aromatic heterocycles. The van der Waals surface area contributed by atoms with Gasteiger partial charge in [-0.3, -0.25) is 9.78 Å². The zero-order valence-electron chi connectivity index (χ0n) is 14.7. The van der Waals surface area contributed by atoms with Gasteiger partial charge in [-0.25, -0.2) is 5.01 Å². The molecule has 0 bridgehead atoms. The van der Waals surface area contributed by atoms with Crippen LogP contribution in [0.2, 0.25) is 0 Å². The summed E-state index contributed by atoms with van der Waals surface area (Å²) in [6.07, 6.45) is 14.3. The van der Waals surface area contributed by atoms with Crippen molar-refractivity contribution in [2.75, 3.05) is 6.54 Å². The van der Waals surface area contributed by atoms with Gasteiger partial charge in [0.2, 0.25) is 0 Å². The zero-order chi connectivity index (χ0) is 17.4. The van der Waals surface area contributed by atoms with Crippen LogP contribution in [0.3, 0.4) is 0 Å². The highest BCUT2D eigenvalue weighted by Gasteiger charge is 2.18. The van der Waals surface area contributed by atoms with Gasteiger partial charge in [0, 0.05) is 30.5 Å². The number of nitrogens with zero attached hydrogens (tertiary/aromatic N) is 3. The number of pyridine rings is 1. The molecule has 1 amide bonds. The Kier molecular flexibility index (Phi) is 6.67. The summed E-state index contributed by atoms with van der Waals surface area (Å²) in [5, 5.41) is 6.15. The highest BCUT2D eigenvalue weighted by molar-refractivity contribution is 6.04. The SMILES string of the molecule is CCC/C=C\C=C(/C)CN1N=C(c2cccnc2)CC(C)=CC1=O. The highest BCUT2D eigenvalue weighted by Crippen LogP contribution is 2.16. The Labute approximate surface area is 144 Å². The second-order valence-electron chi connectivity index (χ2n) is 6.08. The lowest BCUT2D eigenvalue weighted by Gasteiger charge is -2.16. The van der Waals surface area contributed by atoms with E-state index in [0.717, 1.165) is 35.3 Å². The maximum Gasteiger partial charge on any atom is 0.266 e. The predicted molar refractivity (Wildman–Crippen MR) is 98.7 cm³/mol. The molecule has 1 aliphatic rings. The lowest BCUT2D eigenvalue weighted by Crippen LogP contribution is -2.26. The van der Waals surface area contributed by atoms with Crippen LogP contribution < -0.4 is 0 Å². The summed E-state index contributed by atoms with van der Waals surface area (Å²) in [6, 6.07) is 3.86. The fourth-order valence-corrected chi connectivity index (χ4v) is 2.42. The molecule has 1 aliphatic heterocycles. The Morgan fingerprint density at radius 1 is 1.42 bits per heavy atom. The molecule has 1 aromatic rings. The van der Waals surface area contributed by atoms with Gasteiger partial charge in [0.05, 0.1) is 12.3 Å². The number of rotatable bonds is 6. The number of allylic oxidation sites excluding steroid dienone is 4. The molecular formula is C20H25N3O. The van der Waals surface area contributed by atoms with Crippen molar-refractivity contribution in [1.29, 1.82) is 0 Å². The van der Waals surface area contributed by atoms with Gasteiger partial charge in [0.1, 0.15) is 0 Å². The van der Waals surface area contributed by atoms with Crippen LogP contribution in [0, 0.1) is 0 Å². The molecule has 0 aliphatic carbocycles. The van der Waals surface area contributed by atoms with E-state index < -0.39 is 0 Å². The first-order chi connectivity index (χ1) is 11.6. The van der Waals surface area contributed by atoms with Crippen LogP contribution >= 0.6 is 0 Å². The monoisotopic (exact) mass is 323 g/mol. The lowest BCUT2D eigenvalue weighted by molar-refractivity contribution is -0.125. The molecule has 0 spiro atoms. The number of carbonyl (C=O) groups is 1. The number of carbonyl (C=O) groups excluding carboxylic acids is 1. The lowest BCUT2D eigenvalue weighted by atomic mass is 10.1. The third-order valence-electron chi connectivity index (χ3n) is 3.68. The Hall–Kier alpha value is -2.49. The van der Waals surface area contributed by atoms with Crippen LogP contribution in [0.4, 0.5) is 0 Å². The van der Waals surface area contributed by atoms with Gasteiger partial charge in [-0.05, 0) is 32.4 Å². The molecule has 0 saturated heterocycles. The van der Waals surface area contributed by atoms with Crippen molar-refractivity contribution in [1.82, 2.24) is 9.99 Å². The van der Waals surface area contributed by atoms with Gasteiger partial charge in [0.15, 0.2) is 0 Å². The van der Waals surface area contributed by atoms with Gasteiger partial charge in [-0.15, -0.1) is 0 Å². The molecule has 2 heterocycles. The van der Waals surface area contributed by atoms with Gasteiger partial charge in [-0.1, -0.05) is 42.7 Å². The quantitative estimate of drug-likeness (QED) is 0.734. The topological polar surface area (TPSA) is 45.6 Å². The maximum atomic E-state index is 12.4. The molecule has 0 radical (unpaired) electrons. The van der Waals surface area contributed by atoms with Crippen LogP contribution in [-0.2, 0) is 4.79 Å². The highest BCUT2D eigenvalue weighted by atomic mass is 16.2. The minimum absolute atomic E-state index is 0.0725. The summed E-state index contributed by atoms with van der Waals surface area (Å²) in [4.78, 5) is 16.5. The second-order valence-corrected chi connectivity index (χ2v) is 6.08. The van der Waals surface area contributed by atoms with Crippen LogP contribution in [0.1, 0.15) is 45.6 Å². The van der Waals surface area contributed by atoms with E-state index in [4.69, 9.17) is 0 Å². The van der Waals surface area contributed by atoms with E-state index >= 15 is 0 Å². The van der Waals surface area contributed by atoms with Crippen molar-refractivity contribution in [2.45, 2.75) is 40.0 Å². The number of hydrogen-bond donors (Lipinski definition) is 0. The summed E-state index contributed by atoms with van der Waals surface area (Å²) in [5.74, 6) is -0.0725. The van der Waals surface area contributed by atoms with Crippen LogP contribution in [-0.4, -0.2) is 28.2 Å². The van der Waals surface area contributed by atoms with E-state index in [1.54, 1.807) is 23.5 Å². The predicted octanol–water partition coefficient (Wildman–Crippen LogP) is 4.27. The van der Waals surface area contributed by atoms with Crippen molar-refractivity contribution >= 4 is 11.6 Å². The average molecular weight is 323 g/mol. The number of amides is 1. The van der Waals surface area contributed by atoms with Crippen molar-refractivity contribution in [3.05, 3.63) is 65.5 Å². The van der Waals surface area contributed by atoms with E-state index in [0.29, 0.717) is 13.0 Å². The molecule has 126 valence electrons. The first kappa shape index (κ1) is 17.9. The third kappa shape index (κ3) is 5.30. The van der Waals surface area contributed by atoms with E-state index in [1.807, 2.05) is 38.1 Å². The Bertz CT molecular complexity index is 684. The van der Waals surface area contributed by atoms with E-state index in [2.05, 4.69) is 23.1 Å². The van der Waals surface area contributed by atoms with Crippen LogP contribution in [0.5, 0.6) is 0 Å². The molecule has 2 rings (SSSR count). The summed E-state index contributed by atoms with van der Waals surface area (Å²) < 4.78 is 0. The smallest absolute Gasteiger partial charge is 0.266 e. The maximum absolute atomic E-state index is 12.4. The van der Waals surface area contributed by atoms with E-state index in [1.165, 1.54) is 0 Å². The Balaban J connectivity index is 2.21. The summed E-state index contributed by atoms with van der Waals surface area (Å²) in [7, 11) is 0. The first-order valence-corrected chi connectivity index (χ1v) is 8.39. The van der Waals surface area contributed by atoms with Crippen LogP contribution in [0.15, 0.2) is 65.1 Å². The van der Waals surface area contributed by atoms with E-state index in [9.17, 15) is 4.79 Å². The zero-order valence-corrected chi connectivity index (χ0v) is 14.7. The van der Waals surface area contributed by atoms with Crippen molar-refractivity contribution in [3.63, 3.8) is 0 Å². The number of aromatic nitrogens is 1. The molecule has 24 heavy (non-hydrogen) atoms. The van der Waals surface area contributed by atoms with E-state index in [-0.39, 0.29) is 5.91 Å². The number of hydrogen-bond acceptors (Lipinski definition) is 3. The minimum atomic E-state index is -0.0725. The molecule has 0 saturated carbocycles. The van der Waals surface area contributed by atoms with Crippen LogP contribution in [0.25, 0.3) is 0 Å². The fraction of sp³-hybridized carbons (Fsp3) is 0.350. The molecule has 4 heteroatoms. The van der Waals surface area contributed by atoms with Gasteiger partial charge in [0.25, 0.3) is 5.91 Å². The molecule has 0 unspecified atom stereocenters. The summed E-state index contributed by atoms with van der Waals surface area (Å²) in [5.41, 5.74) is 3.93. The Morgan fingerprint density at radius 2 is 2.25 bits per heavy atom. The standard InChI is InChI=1S/C20H25N3O/c1-4-5-6-7-9-16(2)15-23-20(24)13-17(3)12-19(22-23)18-10-8-11-21-14-18/h6-11,13-14H,4-5,12,15H2,1-3H3/b7-6-,16-9+. The van der Waals surface area contributed by atoms with Gasteiger partial charge < -0.3 is 0 Å². The Morgan fingerprint density at radius 3 is 2.96 bits per heavy atom. The second kappa shape index (κ2) is 8.96. The van der Waals surface area contributed by atoms with Crippen molar-refractivity contribution in [3.8, 4) is 0 Å². The fourth-order valence-electron chi connectivity index (χ4n) is 2.42. The van der Waals surface area contributed by atoms with Gasteiger partial charge in [-0.2, -0.15) is 5.10 Å². The average Bonchev–Trinajstić information content (AvgIpc) is 2.71. The largest absolute Gasteiger partial charge is 0.268 e. The number of unbranched alkanes of at least 4 members (excludes halogenated alkanes) is 1. The van der Waals surface area contributed by atoms with Crippen molar-refractivity contribution < 1.29 is 4.79 Å². The molecular weight excluding hydrogens is 298 g/mol. The summed E-state index contributed by atoms with van der Waals surface area (Å²) in [6.45, 7) is 6.62. The molecule has 0 N–H and O–H groups in total. The molecule has 0 atom stereocenters. The molecule has 0 fully saturated rings. The van der Waals surface area contributed by atoms with Gasteiger partial charge >= 0.3 is 0 Å². The summed E-state index contributed by atoms with van der Waals surface area (Å²) >= 11 is 0.